The first-order valence-electron chi connectivity index (χ1n) is 8.37. The van der Waals surface area contributed by atoms with Gasteiger partial charge in [0, 0.05) is 25.4 Å². The largest absolute Gasteiger partial charge is 0.459 e. The van der Waals surface area contributed by atoms with Gasteiger partial charge in [-0.05, 0) is 31.9 Å². The molecule has 7 nitrogen and oxygen atoms in total. The van der Waals surface area contributed by atoms with Crippen LogP contribution < -0.4 is 11.2 Å². The first-order chi connectivity index (χ1) is 12.8. The number of nitrogens with zero attached hydrogens (tertiary/aromatic N) is 2. The molecule has 0 saturated carbocycles. The van der Waals surface area contributed by atoms with E-state index in [2.05, 4.69) is 0 Å². The lowest BCUT2D eigenvalue weighted by Gasteiger charge is -2.14. The van der Waals surface area contributed by atoms with E-state index >= 15 is 0 Å². The average molecular weight is 397 g/mol. The van der Waals surface area contributed by atoms with Gasteiger partial charge < -0.3 is 14.0 Å². The van der Waals surface area contributed by atoms with E-state index in [1.807, 2.05) is 0 Å². The monoisotopic (exact) mass is 396 g/mol. The van der Waals surface area contributed by atoms with E-state index in [4.69, 9.17) is 21.1 Å². The number of aromatic nitrogens is 2. The quantitative estimate of drug-likeness (QED) is 0.738. The summed E-state index contributed by atoms with van der Waals surface area (Å²) >= 11 is 5.97. The van der Waals surface area contributed by atoms with Gasteiger partial charge in [0.1, 0.15) is 12.4 Å². The van der Waals surface area contributed by atoms with Crippen molar-refractivity contribution in [3.63, 3.8) is 0 Å². The molecule has 0 aliphatic carbocycles. The third kappa shape index (κ3) is 3.81. The standard InChI is InChI=1S/C18H18ClFN2O5/c1-10-6-16(23)22(18(25)21(10)2)15-7-12(13(19)8-14(15)20)17(24)27-9-11-4-3-5-26-11/h6-8,11H,3-5,9H2,1-2H3. The van der Waals surface area contributed by atoms with Gasteiger partial charge >= 0.3 is 11.7 Å². The summed E-state index contributed by atoms with van der Waals surface area (Å²) in [6.45, 7) is 2.25. The lowest BCUT2D eigenvalue weighted by molar-refractivity contribution is 0.0161. The molecule has 1 atom stereocenters. The second kappa shape index (κ2) is 7.66. The molecule has 9 heteroatoms. The second-order valence-electron chi connectivity index (χ2n) is 6.32. The maximum atomic E-state index is 14.4. The van der Waals surface area contributed by atoms with E-state index in [1.54, 1.807) is 6.92 Å². The van der Waals surface area contributed by atoms with Gasteiger partial charge in [-0.2, -0.15) is 0 Å². The van der Waals surface area contributed by atoms with Crippen LogP contribution in [0.25, 0.3) is 5.69 Å². The van der Waals surface area contributed by atoms with Crippen molar-refractivity contribution in [1.82, 2.24) is 9.13 Å². The van der Waals surface area contributed by atoms with E-state index in [9.17, 15) is 18.8 Å². The highest BCUT2D eigenvalue weighted by Crippen LogP contribution is 2.24. The first kappa shape index (κ1) is 19.3. The number of ether oxygens (including phenoxy) is 2. The van der Waals surface area contributed by atoms with Gasteiger partial charge in [-0.1, -0.05) is 11.6 Å². The molecule has 2 heterocycles. The third-order valence-corrected chi connectivity index (χ3v) is 4.79. The molecule has 1 unspecified atom stereocenters. The molecule has 1 aliphatic heterocycles. The minimum Gasteiger partial charge on any atom is -0.459 e. The van der Waals surface area contributed by atoms with Crippen LogP contribution in [0.5, 0.6) is 0 Å². The van der Waals surface area contributed by atoms with Gasteiger partial charge in [0.25, 0.3) is 5.56 Å². The zero-order valence-electron chi connectivity index (χ0n) is 14.8. The molecule has 1 fully saturated rings. The van der Waals surface area contributed by atoms with Crippen molar-refractivity contribution in [2.24, 2.45) is 7.05 Å². The molecule has 1 aromatic heterocycles. The van der Waals surface area contributed by atoms with Crippen molar-refractivity contribution in [3.05, 3.63) is 61.1 Å². The van der Waals surface area contributed by atoms with E-state index in [-0.39, 0.29) is 29.0 Å². The Hall–Kier alpha value is -2.45. The van der Waals surface area contributed by atoms with Crippen LogP contribution >= 0.6 is 11.6 Å². The molecule has 0 spiro atoms. The van der Waals surface area contributed by atoms with Gasteiger partial charge in [0.15, 0.2) is 0 Å². The number of rotatable bonds is 4. The fourth-order valence-corrected chi connectivity index (χ4v) is 3.07. The minimum absolute atomic E-state index is 0.0497. The molecule has 0 radical (unpaired) electrons. The van der Waals surface area contributed by atoms with E-state index in [1.165, 1.54) is 17.7 Å². The molecule has 1 saturated heterocycles. The van der Waals surface area contributed by atoms with Gasteiger partial charge in [-0.25, -0.2) is 18.5 Å². The molecule has 0 N–H and O–H groups in total. The van der Waals surface area contributed by atoms with Crippen molar-refractivity contribution >= 4 is 17.6 Å². The molecule has 2 aromatic rings. The topological polar surface area (TPSA) is 79.5 Å². The molecular weight excluding hydrogens is 379 g/mol. The Morgan fingerprint density at radius 3 is 2.78 bits per heavy atom. The van der Waals surface area contributed by atoms with Gasteiger partial charge in [-0.15, -0.1) is 0 Å². The summed E-state index contributed by atoms with van der Waals surface area (Å²) < 4.78 is 26.8. The van der Waals surface area contributed by atoms with Crippen molar-refractivity contribution in [3.8, 4) is 5.69 Å². The zero-order valence-corrected chi connectivity index (χ0v) is 15.6. The van der Waals surface area contributed by atoms with E-state index in [0.717, 1.165) is 25.0 Å². The fourth-order valence-electron chi connectivity index (χ4n) is 2.84. The molecule has 1 aromatic carbocycles. The average Bonchev–Trinajstić information content (AvgIpc) is 3.13. The van der Waals surface area contributed by atoms with Crippen molar-refractivity contribution in [1.29, 1.82) is 0 Å². The van der Waals surface area contributed by atoms with Crippen LogP contribution in [0.3, 0.4) is 0 Å². The molecule has 0 bridgehead atoms. The summed E-state index contributed by atoms with van der Waals surface area (Å²) in [6, 6.07) is 3.13. The van der Waals surface area contributed by atoms with Crippen LogP contribution in [0, 0.1) is 12.7 Å². The third-order valence-electron chi connectivity index (χ3n) is 4.48. The Morgan fingerprint density at radius 2 is 2.11 bits per heavy atom. The number of hydrogen-bond donors (Lipinski definition) is 0. The lowest BCUT2D eigenvalue weighted by atomic mass is 10.2. The first-order valence-corrected chi connectivity index (χ1v) is 8.75. The fraction of sp³-hybridized carbons (Fsp3) is 0.389. The maximum Gasteiger partial charge on any atom is 0.339 e. The predicted octanol–water partition coefficient (Wildman–Crippen LogP) is 1.97. The smallest absolute Gasteiger partial charge is 0.339 e. The number of carbonyl (C=O) groups is 1. The maximum absolute atomic E-state index is 14.4. The Kier molecular flexibility index (Phi) is 5.48. The summed E-state index contributed by atoms with van der Waals surface area (Å²) in [7, 11) is 1.46. The predicted molar refractivity (Wildman–Crippen MR) is 96.2 cm³/mol. The van der Waals surface area contributed by atoms with Gasteiger partial charge in [-0.3, -0.25) is 4.79 Å². The summed E-state index contributed by atoms with van der Waals surface area (Å²) in [5.74, 6) is -1.69. The number of aryl methyl sites for hydroxylation is 1. The van der Waals surface area contributed by atoms with Crippen LogP contribution in [0.1, 0.15) is 28.9 Å². The highest BCUT2D eigenvalue weighted by Gasteiger charge is 2.22. The summed E-state index contributed by atoms with van der Waals surface area (Å²) in [5.41, 5.74) is -1.53. The second-order valence-corrected chi connectivity index (χ2v) is 6.73. The Balaban J connectivity index is 2.00. The Labute approximate surface area is 158 Å². The van der Waals surface area contributed by atoms with Gasteiger partial charge in [0.2, 0.25) is 0 Å². The van der Waals surface area contributed by atoms with Crippen molar-refractivity contribution in [2.75, 3.05) is 13.2 Å². The zero-order chi connectivity index (χ0) is 19.7. The van der Waals surface area contributed by atoms with Crippen LogP contribution in [-0.2, 0) is 16.5 Å². The molecular formula is C18H18ClFN2O5. The molecule has 144 valence electrons. The minimum atomic E-state index is -0.904. The SMILES string of the molecule is Cc1cc(=O)n(-c2cc(C(=O)OCC3CCCO3)c(Cl)cc2F)c(=O)n1C. The summed E-state index contributed by atoms with van der Waals surface area (Å²) in [5, 5.41) is -0.175. The number of carbonyl (C=O) groups excluding carboxylic acids is 1. The van der Waals surface area contributed by atoms with Gasteiger partial charge in [0.05, 0.1) is 22.4 Å². The molecule has 27 heavy (non-hydrogen) atoms. The number of benzene rings is 1. The van der Waals surface area contributed by atoms with Crippen molar-refractivity contribution < 1.29 is 18.7 Å². The van der Waals surface area contributed by atoms with Crippen LogP contribution in [0.15, 0.2) is 27.8 Å². The molecule has 1 aliphatic rings. The highest BCUT2D eigenvalue weighted by atomic mass is 35.5. The van der Waals surface area contributed by atoms with Crippen LogP contribution in [0.2, 0.25) is 5.02 Å². The van der Waals surface area contributed by atoms with Crippen LogP contribution in [0.4, 0.5) is 4.39 Å². The van der Waals surface area contributed by atoms with E-state index < -0.39 is 23.0 Å². The van der Waals surface area contributed by atoms with Crippen LogP contribution in [-0.4, -0.2) is 34.4 Å². The lowest BCUT2D eigenvalue weighted by Crippen LogP contribution is -2.38. The summed E-state index contributed by atoms with van der Waals surface area (Å²) in [6.07, 6.45) is 1.49. The highest BCUT2D eigenvalue weighted by molar-refractivity contribution is 6.33. The molecule has 3 rings (SSSR count). The Bertz CT molecular complexity index is 1010. The molecule has 0 amide bonds. The summed E-state index contributed by atoms with van der Waals surface area (Å²) in [4.78, 5) is 37.0. The normalized spacial score (nSPS) is 16.5. The number of hydrogen-bond acceptors (Lipinski definition) is 5. The number of esters is 1. The van der Waals surface area contributed by atoms with Crippen molar-refractivity contribution in [2.45, 2.75) is 25.9 Å². The van der Waals surface area contributed by atoms with E-state index in [0.29, 0.717) is 16.9 Å². The number of halogens is 2. The Morgan fingerprint density at radius 1 is 1.37 bits per heavy atom.